The number of alkyl carbamates (subject to hydrolysis) is 1. The Morgan fingerprint density at radius 1 is 1.30 bits per heavy atom. The molecule has 1 aromatic rings. The van der Waals surface area contributed by atoms with Gasteiger partial charge >= 0.3 is 6.09 Å². The van der Waals surface area contributed by atoms with E-state index in [9.17, 15) is 9.18 Å². The molecule has 0 atom stereocenters. The van der Waals surface area contributed by atoms with Gasteiger partial charge in [-0.25, -0.2) is 9.18 Å². The van der Waals surface area contributed by atoms with Gasteiger partial charge in [-0.2, -0.15) is 0 Å². The predicted molar refractivity (Wildman–Crippen MR) is 75.4 cm³/mol. The maximum Gasteiger partial charge on any atom is 0.407 e. The van der Waals surface area contributed by atoms with Gasteiger partial charge in [0.2, 0.25) is 0 Å². The molecule has 0 heterocycles. The molecule has 0 aliphatic heterocycles. The summed E-state index contributed by atoms with van der Waals surface area (Å²) in [6, 6.07) is 8.95. The Hall–Kier alpha value is -2.04. The van der Waals surface area contributed by atoms with E-state index >= 15 is 0 Å². The Morgan fingerprint density at radius 2 is 1.95 bits per heavy atom. The molecule has 0 spiro atoms. The van der Waals surface area contributed by atoms with Gasteiger partial charge < -0.3 is 14.8 Å². The number of amides is 1. The van der Waals surface area contributed by atoms with E-state index in [1.165, 1.54) is 6.08 Å². The molecule has 1 aromatic carbocycles. The lowest BCUT2D eigenvalue weighted by atomic mass is 10.2. The Kier molecular flexibility index (Phi) is 6.03. The zero-order chi connectivity index (χ0) is 15.0. The highest BCUT2D eigenvalue weighted by molar-refractivity contribution is 5.67. The average Bonchev–Trinajstić information content (AvgIpc) is 2.35. The van der Waals surface area contributed by atoms with E-state index < -0.39 is 17.5 Å². The van der Waals surface area contributed by atoms with Crippen molar-refractivity contribution in [2.75, 3.05) is 13.2 Å². The standard InChI is InChI=1S/C15H20FNO3/c1-15(2,3)20-14(18)17-10-9-12(16)11-19-13-7-5-4-6-8-13/h4-9H,10-11H2,1-3H3,(H,17,18). The van der Waals surface area contributed by atoms with Gasteiger partial charge in [-0.05, 0) is 39.0 Å². The van der Waals surface area contributed by atoms with E-state index in [1.807, 2.05) is 6.07 Å². The van der Waals surface area contributed by atoms with Crippen LogP contribution in [0, 0.1) is 0 Å². The highest BCUT2D eigenvalue weighted by Gasteiger charge is 2.15. The number of ether oxygens (including phenoxy) is 2. The number of hydrogen-bond acceptors (Lipinski definition) is 3. The molecular weight excluding hydrogens is 261 g/mol. The smallest absolute Gasteiger partial charge is 0.407 e. The highest BCUT2D eigenvalue weighted by atomic mass is 19.1. The lowest BCUT2D eigenvalue weighted by Gasteiger charge is -2.19. The van der Waals surface area contributed by atoms with Crippen molar-refractivity contribution in [3.8, 4) is 5.75 Å². The monoisotopic (exact) mass is 281 g/mol. The van der Waals surface area contributed by atoms with Crippen LogP contribution in [0.25, 0.3) is 0 Å². The van der Waals surface area contributed by atoms with Crippen molar-refractivity contribution in [1.82, 2.24) is 5.32 Å². The molecule has 0 bridgehead atoms. The second-order valence-corrected chi connectivity index (χ2v) is 5.14. The summed E-state index contributed by atoms with van der Waals surface area (Å²) in [7, 11) is 0. The van der Waals surface area contributed by atoms with Gasteiger partial charge in [-0.15, -0.1) is 0 Å². The summed E-state index contributed by atoms with van der Waals surface area (Å²) in [4.78, 5) is 11.3. The molecule has 1 amide bonds. The molecule has 0 saturated carbocycles. The Balaban J connectivity index is 2.27. The minimum Gasteiger partial charge on any atom is -0.487 e. The summed E-state index contributed by atoms with van der Waals surface area (Å²) in [5.41, 5.74) is -0.567. The van der Waals surface area contributed by atoms with Crippen LogP contribution >= 0.6 is 0 Å². The quantitative estimate of drug-likeness (QED) is 0.899. The number of halogens is 1. The van der Waals surface area contributed by atoms with Crippen molar-refractivity contribution in [2.45, 2.75) is 26.4 Å². The van der Waals surface area contributed by atoms with Gasteiger partial charge in [-0.3, -0.25) is 0 Å². The van der Waals surface area contributed by atoms with Crippen LogP contribution in [0.15, 0.2) is 42.2 Å². The van der Waals surface area contributed by atoms with Gasteiger partial charge in [0, 0.05) is 6.54 Å². The molecule has 0 aliphatic carbocycles. The summed E-state index contributed by atoms with van der Waals surface area (Å²) in [6.07, 6.45) is 0.665. The van der Waals surface area contributed by atoms with E-state index in [4.69, 9.17) is 9.47 Å². The van der Waals surface area contributed by atoms with Crippen LogP contribution in [0.2, 0.25) is 0 Å². The molecule has 0 fully saturated rings. The fraction of sp³-hybridized carbons (Fsp3) is 0.400. The lowest BCUT2D eigenvalue weighted by Crippen LogP contribution is -2.32. The molecule has 0 aromatic heterocycles. The second-order valence-electron chi connectivity index (χ2n) is 5.14. The molecule has 110 valence electrons. The first-order chi connectivity index (χ1) is 9.37. The number of rotatable bonds is 5. The Morgan fingerprint density at radius 3 is 2.55 bits per heavy atom. The van der Waals surface area contributed by atoms with Crippen molar-refractivity contribution in [1.29, 1.82) is 0 Å². The first-order valence-corrected chi connectivity index (χ1v) is 6.36. The zero-order valence-electron chi connectivity index (χ0n) is 12.0. The summed E-state index contributed by atoms with van der Waals surface area (Å²) >= 11 is 0. The van der Waals surface area contributed by atoms with E-state index in [0.29, 0.717) is 5.75 Å². The maximum atomic E-state index is 13.4. The summed E-state index contributed by atoms with van der Waals surface area (Å²) < 4.78 is 23.7. The third kappa shape index (κ3) is 7.41. The third-order valence-corrected chi connectivity index (χ3v) is 2.09. The molecule has 0 aliphatic rings. The van der Waals surface area contributed by atoms with Crippen LogP contribution in [-0.4, -0.2) is 24.8 Å². The van der Waals surface area contributed by atoms with Gasteiger partial charge in [-0.1, -0.05) is 18.2 Å². The molecule has 0 saturated heterocycles. The second kappa shape index (κ2) is 7.53. The van der Waals surface area contributed by atoms with Crippen LogP contribution < -0.4 is 10.1 Å². The van der Waals surface area contributed by atoms with E-state index in [0.717, 1.165) is 0 Å². The number of para-hydroxylation sites is 1. The van der Waals surface area contributed by atoms with Crippen LogP contribution in [-0.2, 0) is 4.74 Å². The van der Waals surface area contributed by atoms with Crippen molar-refractivity contribution in [3.05, 3.63) is 42.2 Å². The normalized spacial score (nSPS) is 11.9. The number of benzene rings is 1. The van der Waals surface area contributed by atoms with Crippen molar-refractivity contribution >= 4 is 6.09 Å². The van der Waals surface area contributed by atoms with Gasteiger partial charge in [0.1, 0.15) is 23.8 Å². The van der Waals surface area contributed by atoms with E-state index in [1.54, 1.807) is 45.0 Å². The molecule has 20 heavy (non-hydrogen) atoms. The van der Waals surface area contributed by atoms with Crippen LogP contribution in [0.5, 0.6) is 5.75 Å². The fourth-order valence-electron chi connectivity index (χ4n) is 1.29. The van der Waals surface area contributed by atoms with Gasteiger partial charge in [0.15, 0.2) is 0 Å². The summed E-state index contributed by atoms with van der Waals surface area (Å²) in [5.74, 6) is 0.140. The lowest BCUT2D eigenvalue weighted by molar-refractivity contribution is 0.0534. The molecule has 4 nitrogen and oxygen atoms in total. The van der Waals surface area contributed by atoms with Gasteiger partial charge in [0.25, 0.3) is 0 Å². The van der Waals surface area contributed by atoms with Crippen LogP contribution in [0.1, 0.15) is 20.8 Å². The molecule has 1 N–H and O–H groups in total. The first kappa shape index (κ1) is 16.0. The van der Waals surface area contributed by atoms with Crippen molar-refractivity contribution < 1.29 is 18.7 Å². The first-order valence-electron chi connectivity index (χ1n) is 6.36. The molecule has 5 heteroatoms. The number of hydrogen-bond donors (Lipinski definition) is 1. The molecule has 0 radical (unpaired) electrons. The summed E-state index contributed by atoms with van der Waals surface area (Å²) in [6.45, 7) is 5.17. The predicted octanol–water partition coefficient (Wildman–Crippen LogP) is 3.44. The van der Waals surface area contributed by atoms with Crippen LogP contribution in [0.4, 0.5) is 9.18 Å². The number of carbonyl (C=O) groups excluding carboxylic acids is 1. The number of carbonyl (C=O) groups is 1. The Labute approximate surface area is 118 Å². The fourth-order valence-corrected chi connectivity index (χ4v) is 1.29. The minimum absolute atomic E-state index is 0.0545. The topological polar surface area (TPSA) is 47.6 Å². The largest absolute Gasteiger partial charge is 0.487 e. The van der Waals surface area contributed by atoms with Crippen molar-refractivity contribution in [2.24, 2.45) is 0 Å². The minimum atomic E-state index is -0.578. The van der Waals surface area contributed by atoms with E-state index in [-0.39, 0.29) is 13.2 Å². The molecular formula is C15H20FNO3. The van der Waals surface area contributed by atoms with E-state index in [2.05, 4.69) is 5.32 Å². The number of nitrogens with one attached hydrogen (secondary N) is 1. The Bertz CT molecular complexity index is 452. The van der Waals surface area contributed by atoms with Crippen molar-refractivity contribution in [3.63, 3.8) is 0 Å². The SMILES string of the molecule is CC(C)(C)OC(=O)NCC=C(F)COc1ccccc1. The highest BCUT2D eigenvalue weighted by Crippen LogP contribution is 2.10. The average molecular weight is 281 g/mol. The maximum absolute atomic E-state index is 13.4. The van der Waals surface area contributed by atoms with Gasteiger partial charge in [0.05, 0.1) is 0 Å². The summed E-state index contributed by atoms with van der Waals surface area (Å²) in [5, 5.41) is 2.44. The third-order valence-electron chi connectivity index (χ3n) is 2.09. The zero-order valence-corrected chi connectivity index (χ0v) is 12.0. The molecule has 1 rings (SSSR count). The van der Waals surface area contributed by atoms with Crippen LogP contribution in [0.3, 0.4) is 0 Å². The molecule has 0 unspecified atom stereocenters.